The van der Waals surface area contributed by atoms with Crippen molar-refractivity contribution in [2.24, 2.45) is 7.05 Å². The second kappa shape index (κ2) is 2.99. The van der Waals surface area contributed by atoms with Crippen LogP contribution in [0.15, 0.2) is 18.5 Å². The summed E-state index contributed by atoms with van der Waals surface area (Å²) in [7, 11) is 1.66. The summed E-state index contributed by atoms with van der Waals surface area (Å²) in [6, 6.07) is 1.73. The summed E-state index contributed by atoms with van der Waals surface area (Å²) in [4.78, 5) is 14.8. The molecule has 0 spiro atoms. The molecule has 14 heavy (non-hydrogen) atoms. The summed E-state index contributed by atoms with van der Waals surface area (Å²) in [5.74, 6) is -1.03. The van der Waals surface area contributed by atoms with Crippen molar-refractivity contribution in [1.29, 1.82) is 0 Å². The minimum absolute atomic E-state index is 0.0923. The van der Waals surface area contributed by atoms with Gasteiger partial charge in [-0.1, -0.05) is 11.6 Å². The Bertz CT molecular complexity index is 480. The van der Waals surface area contributed by atoms with Crippen LogP contribution in [0.5, 0.6) is 0 Å². The predicted molar refractivity (Wildman–Crippen MR) is 52.7 cm³/mol. The molecule has 0 bridgehead atoms. The Labute approximate surface area is 84.7 Å². The first-order chi connectivity index (χ1) is 6.63. The summed E-state index contributed by atoms with van der Waals surface area (Å²) < 4.78 is 1.54. The van der Waals surface area contributed by atoms with Crippen molar-refractivity contribution < 1.29 is 9.90 Å². The molecule has 0 aliphatic carbocycles. The molecule has 0 saturated carbocycles. The largest absolute Gasteiger partial charge is 0.477 e. The Morgan fingerprint density at radius 3 is 2.93 bits per heavy atom. The first-order valence-electron chi connectivity index (χ1n) is 3.94. The van der Waals surface area contributed by atoms with Crippen molar-refractivity contribution in [3.05, 3.63) is 29.2 Å². The lowest BCUT2D eigenvalue weighted by Crippen LogP contribution is -2.04. The number of halogens is 1. The third kappa shape index (κ3) is 1.08. The van der Waals surface area contributed by atoms with Crippen molar-refractivity contribution in [1.82, 2.24) is 9.55 Å². The van der Waals surface area contributed by atoms with Crippen LogP contribution >= 0.6 is 11.6 Å². The summed E-state index contributed by atoms with van der Waals surface area (Å²) in [5, 5.41) is 9.82. The maximum absolute atomic E-state index is 10.9. The zero-order valence-corrected chi connectivity index (χ0v) is 8.12. The van der Waals surface area contributed by atoms with Crippen LogP contribution in [-0.2, 0) is 7.05 Å². The molecule has 72 valence electrons. The average Bonchev–Trinajstić information content (AvgIpc) is 2.41. The quantitative estimate of drug-likeness (QED) is 0.783. The first kappa shape index (κ1) is 9.02. The Kier molecular flexibility index (Phi) is 1.93. The number of aromatic carboxylic acids is 1. The molecule has 2 heterocycles. The van der Waals surface area contributed by atoms with Gasteiger partial charge in [0.1, 0.15) is 5.69 Å². The third-order valence-electron chi connectivity index (χ3n) is 2.14. The second-order valence-corrected chi connectivity index (χ2v) is 3.30. The number of aryl methyl sites for hydroxylation is 1. The van der Waals surface area contributed by atoms with Gasteiger partial charge in [-0.2, -0.15) is 0 Å². The standard InChI is InChI=1S/C9H7ClN2O2/c1-12-6-2-3-11-4-5(6)7(10)8(12)9(13)14/h2-4H,1H3,(H,13,14). The van der Waals surface area contributed by atoms with E-state index in [4.69, 9.17) is 16.7 Å². The average molecular weight is 211 g/mol. The van der Waals surface area contributed by atoms with Crippen LogP contribution in [0.25, 0.3) is 10.9 Å². The number of hydrogen-bond donors (Lipinski definition) is 1. The molecule has 5 heteroatoms. The third-order valence-corrected chi connectivity index (χ3v) is 2.52. The summed E-state index contributed by atoms with van der Waals surface area (Å²) >= 11 is 5.92. The van der Waals surface area contributed by atoms with Crippen LogP contribution in [0.1, 0.15) is 10.5 Å². The zero-order chi connectivity index (χ0) is 10.3. The fraction of sp³-hybridized carbons (Fsp3) is 0.111. The molecule has 0 radical (unpaired) electrons. The highest BCUT2D eigenvalue weighted by molar-refractivity contribution is 6.38. The Morgan fingerprint density at radius 1 is 1.64 bits per heavy atom. The summed E-state index contributed by atoms with van der Waals surface area (Å²) in [6.45, 7) is 0. The highest BCUT2D eigenvalue weighted by Gasteiger charge is 2.18. The number of rotatable bonds is 1. The van der Waals surface area contributed by atoms with E-state index >= 15 is 0 Å². The Hall–Kier alpha value is -1.55. The van der Waals surface area contributed by atoms with Gasteiger partial charge in [-0.25, -0.2) is 4.79 Å². The molecule has 2 rings (SSSR count). The maximum Gasteiger partial charge on any atom is 0.354 e. The van der Waals surface area contributed by atoms with E-state index in [2.05, 4.69) is 4.98 Å². The van der Waals surface area contributed by atoms with Gasteiger partial charge in [0.05, 0.1) is 10.5 Å². The number of aromatic nitrogens is 2. The molecule has 0 atom stereocenters. The molecule has 0 aromatic carbocycles. The molecular formula is C9H7ClN2O2. The molecule has 2 aromatic rings. The van der Waals surface area contributed by atoms with E-state index in [-0.39, 0.29) is 10.7 Å². The number of hydrogen-bond acceptors (Lipinski definition) is 2. The Morgan fingerprint density at radius 2 is 2.36 bits per heavy atom. The highest BCUT2D eigenvalue weighted by Crippen LogP contribution is 2.28. The zero-order valence-electron chi connectivity index (χ0n) is 7.36. The van der Waals surface area contributed by atoms with E-state index in [9.17, 15) is 4.79 Å². The van der Waals surface area contributed by atoms with Crippen molar-refractivity contribution in [2.75, 3.05) is 0 Å². The minimum atomic E-state index is -1.03. The van der Waals surface area contributed by atoms with Crippen LogP contribution in [-0.4, -0.2) is 20.6 Å². The summed E-state index contributed by atoms with van der Waals surface area (Å²) in [6.07, 6.45) is 3.16. The van der Waals surface area contributed by atoms with Gasteiger partial charge in [0.15, 0.2) is 0 Å². The van der Waals surface area contributed by atoms with Crippen molar-refractivity contribution in [2.45, 2.75) is 0 Å². The van der Waals surface area contributed by atoms with Gasteiger partial charge in [-0.15, -0.1) is 0 Å². The monoisotopic (exact) mass is 210 g/mol. The van der Waals surface area contributed by atoms with Gasteiger partial charge in [0.2, 0.25) is 0 Å². The lowest BCUT2D eigenvalue weighted by Gasteiger charge is -1.97. The van der Waals surface area contributed by atoms with E-state index in [1.54, 1.807) is 30.1 Å². The molecule has 4 nitrogen and oxygen atoms in total. The smallest absolute Gasteiger partial charge is 0.354 e. The van der Waals surface area contributed by atoms with Crippen LogP contribution in [0.4, 0.5) is 0 Å². The van der Waals surface area contributed by atoms with Crippen LogP contribution < -0.4 is 0 Å². The van der Waals surface area contributed by atoms with Crippen molar-refractivity contribution >= 4 is 28.5 Å². The number of carboxylic acids is 1. The highest BCUT2D eigenvalue weighted by atomic mass is 35.5. The first-order valence-corrected chi connectivity index (χ1v) is 4.32. The van der Waals surface area contributed by atoms with Gasteiger partial charge in [0.25, 0.3) is 0 Å². The number of pyridine rings is 1. The molecule has 1 N–H and O–H groups in total. The summed E-state index contributed by atoms with van der Waals surface area (Å²) in [5.41, 5.74) is 0.858. The second-order valence-electron chi connectivity index (χ2n) is 2.92. The lowest BCUT2D eigenvalue weighted by atomic mass is 10.3. The Balaban J connectivity index is 2.92. The van der Waals surface area contributed by atoms with E-state index in [1.807, 2.05) is 0 Å². The number of carboxylic acid groups (broad SMARTS) is 1. The predicted octanol–water partition coefficient (Wildman–Crippen LogP) is 1.92. The van der Waals surface area contributed by atoms with Crippen molar-refractivity contribution in [3.8, 4) is 0 Å². The molecular weight excluding hydrogens is 204 g/mol. The molecule has 0 aliphatic rings. The maximum atomic E-state index is 10.9. The molecule has 0 saturated heterocycles. The van der Waals surface area contributed by atoms with Crippen LogP contribution in [0.3, 0.4) is 0 Å². The van der Waals surface area contributed by atoms with Gasteiger partial charge in [0, 0.05) is 24.8 Å². The minimum Gasteiger partial charge on any atom is -0.477 e. The lowest BCUT2D eigenvalue weighted by molar-refractivity contribution is 0.0687. The number of nitrogens with zero attached hydrogens (tertiary/aromatic N) is 2. The SMILES string of the molecule is Cn1c(C(=O)O)c(Cl)c2cnccc21. The molecule has 0 fully saturated rings. The number of fused-ring (bicyclic) bond motifs is 1. The fourth-order valence-corrected chi connectivity index (χ4v) is 1.83. The molecule has 0 amide bonds. The fourth-order valence-electron chi connectivity index (χ4n) is 1.48. The van der Waals surface area contributed by atoms with E-state index in [0.717, 1.165) is 5.52 Å². The number of carbonyl (C=O) groups is 1. The van der Waals surface area contributed by atoms with Gasteiger partial charge < -0.3 is 9.67 Å². The normalized spacial score (nSPS) is 10.7. The van der Waals surface area contributed by atoms with Gasteiger partial charge in [-0.05, 0) is 6.07 Å². The molecule has 0 unspecified atom stereocenters. The molecule has 0 aliphatic heterocycles. The van der Waals surface area contributed by atoms with Crippen LogP contribution in [0.2, 0.25) is 5.02 Å². The topological polar surface area (TPSA) is 55.1 Å². The van der Waals surface area contributed by atoms with Crippen LogP contribution in [0, 0.1) is 0 Å². The van der Waals surface area contributed by atoms with E-state index in [0.29, 0.717) is 5.39 Å². The van der Waals surface area contributed by atoms with E-state index in [1.165, 1.54) is 0 Å². The van der Waals surface area contributed by atoms with Gasteiger partial charge >= 0.3 is 5.97 Å². The molecule has 2 aromatic heterocycles. The van der Waals surface area contributed by atoms with Gasteiger partial charge in [-0.3, -0.25) is 4.98 Å². The van der Waals surface area contributed by atoms with E-state index < -0.39 is 5.97 Å². The van der Waals surface area contributed by atoms with Crippen molar-refractivity contribution in [3.63, 3.8) is 0 Å².